The van der Waals surface area contributed by atoms with Crippen LogP contribution < -0.4 is 0 Å². The average Bonchev–Trinajstić information content (AvgIpc) is 2.93. The van der Waals surface area contributed by atoms with E-state index < -0.39 is 6.17 Å². The molecule has 0 N–H and O–H groups in total. The Labute approximate surface area is 139 Å². The largest absolute Gasteiger partial charge is 0.373 e. The Hall–Kier alpha value is -1.14. The molecule has 1 aromatic rings. The van der Waals surface area contributed by atoms with Gasteiger partial charge in [-0.2, -0.15) is 0 Å². The molecule has 1 amide bonds. The number of aromatic nitrogens is 1. The van der Waals surface area contributed by atoms with Crippen LogP contribution in [-0.4, -0.2) is 51.7 Å². The molecule has 0 radical (unpaired) electrons. The van der Waals surface area contributed by atoms with Crippen molar-refractivity contribution in [2.45, 2.75) is 42.9 Å². The molecular weight excluding hydrogens is 315 g/mol. The molecule has 1 saturated carbocycles. The van der Waals surface area contributed by atoms with Crippen LogP contribution in [0.4, 0.5) is 4.39 Å². The van der Waals surface area contributed by atoms with Crippen molar-refractivity contribution in [2.75, 3.05) is 18.8 Å². The first kappa shape index (κ1) is 15.4. The lowest BCUT2D eigenvalue weighted by molar-refractivity contribution is -0.146. The van der Waals surface area contributed by atoms with Crippen molar-refractivity contribution in [3.8, 4) is 0 Å². The van der Waals surface area contributed by atoms with Gasteiger partial charge in [-0.1, -0.05) is 0 Å². The number of halogens is 1. The van der Waals surface area contributed by atoms with E-state index in [1.54, 1.807) is 12.4 Å². The molecule has 3 fully saturated rings. The number of ether oxygens (including phenoxy) is 1. The van der Waals surface area contributed by atoms with E-state index in [1.807, 2.05) is 28.8 Å². The second-order valence-electron chi connectivity index (χ2n) is 6.95. The number of hydrogen-bond donors (Lipinski definition) is 0. The highest BCUT2D eigenvalue weighted by atomic mass is 32.2. The number of carbonyl (C=O) groups is 1. The first-order valence-electron chi connectivity index (χ1n) is 8.21. The van der Waals surface area contributed by atoms with Crippen molar-refractivity contribution >= 4 is 17.7 Å². The number of carbonyl (C=O) groups excluding carboxylic acids is 1. The summed E-state index contributed by atoms with van der Waals surface area (Å²) in [5.74, 6) is 1.09. The van der Waals surface area contributed by atoms with Crippen molar-refractivity contribution in [1.29, 1.82) is 0 Å². The molecule has 124 valence electrons. The molecule has 1 aliphatic carbocycles. The minimum Gasteiger partial charge on any atom is -0.373 e. The fourth-order valence-corrected chi connectivity index (χ4v) is 5.19. The van der Waals surface area contributed by atoms with Gasteiger partial charge < -0.3 is 9.64 Å². The van der Waals surface area contributed by atoms with E-state index in [9.17, 15) is 9.18 Å². The van der Waals surface area contributed by atoms with Crippen molar-refractivity contribution in [2.24, 2.45) is 5.92 Å². The van der Waals surface area contributed by atoms with Crippen molar-refractivity contribution in [3.05, 3.63) is 30.1 Å². The van der Waals surface area contributed by atoms with Crippen LogP contribution in [-0.2, 0) is 16.1 Å². The summed E-state index contributed by atoms with van der Waals surface area (Å²) in [4.78, 5) is 18.1. The zero-order valence-corrected chi connectivity index (χ0v) is 13.8. The second-order valence-corrected chi connectivity index (χ2v) is 8.43. The van der Waals surface area contributed by atoms with E-state index in [4.69, 9.17) is 4.74 Å². The minimum atomic E-state index is -0.758. The number of rotatable bonds is 4. The Kier molecular flexibility index (Phi) is 4.05. The Morgan fingerprint density at radius 3 is 2.83 bits per heavy atom. The third-order valence-corrected chi connectivity index (χ3v) is 6.69. The monoisotopic (exact) mass is 336 g/mol. The molecule has 0 bridgehead atoms. The molecule has 2 saturated heterocycles. The molecule has 1 atom stereocenters. The lowest BCUT2D eigenvalue weighted by Gasteiger charge is -2.49. The lowest BCUT2D eigenvalue weighted by Crippen LogP contribution is -2.62. The lowest BCUT2D eigenvalue weighted by atomic mass is 9.80. The number of amides is 1. The summed E-state index contributed by atoms with van der Waals surface area (Å²) in [6, 6.07) is 3.94. The summed E-state index contributed by atoms with van der Waals surface area (Å²) >= 11 is 1.93. The van der Waals surface area contributed by atoms with Gasteiger partial charge in [0.2, 0.25) is 5.91 Å². The predicted molar refractivity (Wildman–Crippen MR) is 86.8 cm³/mol. The fourth-order valence-electron chi connectivity index (χ4n) is 3.64. The molecule has 1 aromatic heterocycles. The summed E-state index contributed by atoms with van der Waals surface area (Å²) in [6.45, 7) is 2.23. The molecule has 0 aromatic carbocycles. The average molecular weight is 336 g/mol. The van der Waals surface area contributed by atoms with Gasteiger partial charge in [0.15, 0.2) is 0 Å². The number of likely N-dealkylation sites (tertiary alicyclic amines) is 1. The van der Waals surface area contributed by atoms with Crippen LogP contribution in [0.15, 0.2) is 24.5 Å². The molecule has 0 unspecified atom stereocenters. The van der Waals surface area contributed by atoms with Crippen LogP contribution in [0.5, 0.6) is 0 Å². The SMILES string of the molecule is O=C(C1CC(F)C1)N1CC2(C[C@H](OCc3ccncc3)CS2)C1. The molecular formula is C17H21FN2O2S. The van der Waals surface area contributed by atoms with E-state index in [1.165, 1.54) is 0 Å². The Morgan fingerprint density at radius 2 is 2.13 bits per heavy atom. The number of alkyl halides is 1. The standard InChI is InChI=1S/C17H21FN2O2S/c18-14-5-13(6-14)16(21)20-10-17(11-20)7-15(9-23-17)22-8-12-1-3-19-4-2-12/h1-4,13-15H,5-11H2/t13?,14?,15-/m0/s1. The normalized spacial score (nSPS) is 31.7. The number of nitrogens with zero attached hydrogens (tertiary/aromatic N) is 2. The molecule has 2 aliphatic heterocycles. The van der Waals surface area contributed by atoms with E-state index in [2.05, 4.69) is 4.98 Å². The van der Waals surface area contributed by atoms with E-state index in [0.717, 1.165) is 30.8 Å². The maximum atomic E-state index is 12.9. The third kappa shape index (κ3) is 3.11. The first-order chi connectivity index (χ1) is 11.1. The zero-order valence-electron chi connectivity index (χ0n) is 13.0. The first-order valence-corrected chi connectivity index (χ1v) is 9.19. The predicted octanol–water partition coefficient (Wildman–Crippen LogP) is 2.43. The van der Waals surface area contributed by atoms with E-state index in [0.29, 0.717) is 19.4 Å². The highest BCUT2D eigenvalue weighted by molar-refractivity contribution is 8.01. The van der Waals surface area contributed by atoms with Crippen LogP contribution in [0.2, 0.25) is 0 Å². The molecule has 1 spiro atoms. The summed E-state index contributed by atoms with van der Waals surface area (Å²) in [5.41, 5.74) is 1.14. The summed E-state index contributed by atoms with van der Waals surface area (Å²) in [5, 5.41) is 0. The topological polar surface area (TPSA) is 42.4 Å². The summed E-state index contributed by atoms with van der Waals surface area (Å²) < 4.78 is 19.1. The number of pyridine rings is 1. The van der Waals surface area contributed by atoms with Crippen LogP contribution >= 0.6 is 11.8 Å². The smallest absolute Gasteiger partial charge is 0.225 e. The van der Waals surface area contributed by atoms with Gasteiger partial charge in [0.05, 0.1) is 17.5 Å². The van der Waals surface area contributed by atoms with Crippen LogP contribution in [0.25, 0.3) is 0 Å². The van der Waals surface area contributed by atoms with E-state index in [-0.39, 0.29) is 22.7 Å². The van der Waals surface area contributed by atoms with Crippen molar-refractivity contribution in [3.63, 3.8) is 0 Å². The van der Waals surface area contributed by atoms with Gasteiger partial charge in [0.1, 0.15) is 6.17 Å². The van der Waals surface area contributed by atoms with Gasteiger partial charge in [0, 0.05) is 37.2 Å². The molecule has 3 aliphatic rings. The van der Waals surface area contributed by atoms with Gasteiger partial charge in [-0.15, -0.1) is 11.8 Å². The van der Waals surface area contributed by atoms with Crippen molar-refractivity contribution in [1.82, 2.24) is 9.88 Å². The second kappa shape index (κ2) is 6.06. The third-order valence-electron chi connectivity index (χ3n) is 5.11. The fraction of sp³-hybridized carbons (Fsp3) is 0.647. The minimum absolute atomic E-state index is 0.0625. The highest BCUT2D eigenvalue weighted by Crippen LogP contribution is 2.47. The maximum absolute atomic E-state index is 12.9. The van der Waals surface area contributed by atoms with Gasteiger partial charge >= 0.3 is 0 Å². The highest BCUT2D eigenvalue weighted by Gasteiger charge is 2.52. The van der Waals surface area contributed by atoms with Crippen molar-refractivity contribution < 1.29 is 13.9 Å². The van der Waals surface area contributed by atoms with Gasteiger partial charge in [-0.3, -0.25) is 9.78 Å². The molecule has 6 heteroatoms. The molecule has 4 rings (SSSR count). The number of thioether (sulfide) groups is 1. The maximum Gasteiger partial charge on any atom is 0.225 e. The molecule has 4 nitrogen and oxygen atoms in total. The van der Waals surface area contributed by atoms with Crippen LogP contribution in [0.1, 0.15) is 24.8 Å². The quantitative estimate of drug-likeness (QED) is 0.847. The van der Waals surface area contributed by atoms with E-state index >= 15 is 0 Å². The van der Waals surface area contributed by atoms with Gasteiger partial charge in [-0.25, -0.2) is 4.39 Å². The van der Waals surface area contributed by atoms with Gasteiger partial charge in [-0.05, 0) is 37.0 Å². The van der Waals surface area contributed by atoms with Crippen LogP contribution in [0.3, 0.4) is 0 Å². The molecule has 3 heterocycles. The van der Waals surface area contributed by atoms with Crippen LogP contribution in [0, 0.1) is 5.92 Å². The number of hydrogen-bond acceptors (Lipinski definition) is 4. The Balaban J connectivity index is 1.23. The molecule has 23 heavy (non-hydrogen) atoms. The summed E-state index contributed by atoms with van der Waals surface area (Å²) in [6.07, 6.45) is 4.90. The van der Waals surface area contributed by atoms with Gasteiger partial charge in [0.25, 0.3) is 0 Å². The Bertz CT molecular complexity index is 573. The Morgan fingerprint density at radius 1 is 1.39 bits per heavy atom. The summed E-state index contributed by atoms with van der Waals surface area (Å²) in [7, 11) is 0. The zero-order chi connectivity index (χ0) is 15.9.